The Morgan fingerprint density at radius 3 is 1.65 bits per heavy atom. The molecule has 0 spiro atoms. The highest BCUT2D eigenvalue weighted by molar-refractivity contribution is 7.95. The third kappa shape index (κ3) is 2.93. The topological polar surface area (TPSA) is 95.9 Å². The van der Waals surface area contributed by atoms with Crippen LogP contribution in [0.5, 0.6) is 0 Å². The summed E-state index contributed by atoms with van der Waals surface area (Å²) in [5, 5.41) is -1.91. The first-order valence-electron chi connectivity index (χ1n) is 3.69. The van der Waals surface area contributed by atoms with Gasteiger partial charge in [-0.2, -0.15) is 47.9 Å². The van der Waals surface area contributed by atoms with Gasteiger partial charge in [-0.05, 0) is 0 Å². The summed E-state index contributed by atoms with van der Waals surface area (Å²) >= 11 is -2.07. The number of halogens is 8. The number of alkyl halides is 8. The van der Waals surface area contributed by atoms with E-state index in [0.717, 1.165) is 0 Å². The van der Waals surface area contributed by atoms with E-state index >= 15 is 0 Å². The Hall–Kier alpha value is -0.420. The Kier molecular flexibility index (Phi) is 5.30. The first kappa shape index (κ1) is 19.6. The van der Waals surface area contributed by atoms with E-state index in [1.54, 1.807) is 0 Å². The zero-order chi connectivity index (χ0) is 16.6. The summed E-state index contributed by atoms with van der Waals surface area (Å²) in [4.78, 5) is 0. The van der Waals surface area contributed by atoms with Gasteiger partial charge in [0.05, 0.1) is 0 Å². The fourth-order valence-electron chi connectivity index (χ4n) is 0.636. The van der Waals surface area contributed by atoms with Crippen LogP contribution >= 0.6 is 12.0 Å². The van der Waals surface area contributed by atoms with Crippen molar-refractivity contribution in [1.82, 2.24) is 0 Å². The third-order valence-electron chi connectivity index (χ3n) is 1.62. The average Bonchev–Trinajstić information content (AvgIpc) is 2.24. The minimum Gasteiger partial charge on any atom is -0.691 e. The zero-order valence-electron chi connectivity index (χ0n) is 8.33. The lowest BCUT2D eigenvalue weighted by Crippen LogP contribution is -2.63. The van der Waals surface area contributed by atoms with Crippen LogP contribution in [0.1, 0.15) is 0 Å². The number of rotatable bonds is 7. The van der Waals surface area contributed by atoms with Crippen LogP contribution in [0.3, 0.4) is 0 Å². The molecule has 0 rings (SSSR count). The van der Waals surface area contributed by atoms with Gasteiger partial charge in [-0.1, -0.05) is 0 Å². The van der Waals surface area contributed by atoms with Crippen molar-refractivity contribution in [3.05, 3.63) is 0 Å². The highest BCUT2D eigenvalue weighted by atomic mass is 32.2. The van der Waals surface area contributed by atoms with Crippen molar-refractivity contribution in [2.24, 2.45) is 0 Å². The molecule has 0 aromatic rings. The first-order chi connectivity index (χ1) is 8.56. The van der Waals surface area contributed by atoms with Gasteiger partial charge in [0.1, 0.15) is 12.0 Å². The van der Waals surface area contributed by atoms with E-state index in [1.807, 2.05) is 0 Å². The number of hydrogen-bond donors (Lipinski definition) is 1. The lowest BCUT2D eigenvalue weighted by atomic mass is 10.2. The van der Waals surface area contributed by atoms with Crippen LogP contribution in [0.25, 0.3) is 0 Å². The van der Waals surface area contributed by atoms with E-state index < -0.39 is 44.5 Å². The van der Waals surface area contributed by atoms with Gasteiger partial charge in [0.2, 0.25) is 0 Å². The van der Waals surface area contributed by atoms with Crippen molar-refractivity contribution in [2.45, 2.75) is 22.4 Å². The zero-order valence-corrected chi connectivity index (χ0v) is 9.96. The van der Waals surface area contributed by atoms with Gasteiger partial charge in [-0.25, -0.2) is 0 Å². The first-order valence-corrected chi connectivity index (χ1v) is 5.87. The molecule has 0 aromatic heterocycles. The van der Waals surface area contributed by atoms with Crippen LogP contribution in [0.2, 0.25) is 0 Å². The fraction of sp³-hybridized carbons (Fsp3) is 1.00. The van der Waals surface area contributed by atoms with Crippen molar-refractivity contribution >= 4 is 22.2 Å². The maximum Gasteiger partial charge on any atom is 0.438 e. The maximum absolute atomic E-state index is 12.7. The summed E-state index contributed by atoms with van der Waals surface area (Å²) in [6.45, 7) is 0. The summed E-state index contributed by atoms with van der Waals surface area (Å²) in [6, 6.07) is 0. The van der Waals surface area contributed by atoms with Gasteiger partial charge < -0.3 is 5.26 Å². The lowest BCUT2D eigenvalue weighted by molar-refractivity contribution is -0.777. The van der Waals surface area contributed by atoms with E-state index in [1.165, 1.54) is 0 Å². The fourth-order valence-corrected chi connectivity index (χ4v) is 1.43. The second-order valence-corrected chi connectivity index (χ2v) is 5.16. The van der Waals surface area contributed by atoms with Crippen LogP contribution in [0.15, 0.2) is 0 Å². The molecule has 20 heavy (non-hydrogen) atoms. The minimum absolute atomic E-state index is 2.07. The molecular formula is C4HF8O6S2-. The van der Waals surface area contributed by atoms with Crippen molar-refractivity contribution in [3.8, 4) is 0 Å². The highest BCUT2D eigenvalue weighted by Gasteiger charge is 2.85. The molecule has 0 radical (unpaired) electrons. The van der Waals surface area contributed by atoms with Gasteiger partial charge in [-0.15, -0.1) is 0 Å². The van der Waals surface area contributed by atoms with Crippen molar-refractivity contribution in [2.75, 3.05) is 0 Å². The molecule has 0 unspecified atom stereocenters. The summed E-state index contributed by atoms with van der Waals surface area (Å²) in [5.41, 5.74) is 0. The summed E-state index contributed by atoms with van der Waals surface area (Å²) in [5.74, 6) is -14.3. The lowest BCUT2D eigenvalue weighted by Gasteiger charge is -2.34. The van der Waals surface area contributed by atoms with Crippen LogP contribution in [0, 0.1) is 0 Å². The number of hydrogen-bond acceptors (Lipinski definition) is 6. The van der Waals surface area contributed by atoms with E-state index in [0.29, 0.717) is 0 Å². The second-order valence-electron chi connectivity index (χ2n) is 2.88. The maximum atomic E-state index is 12.7. The second kappa shape index (κ2) is 5.41. The Labute approximate surface area is 108 Å². The summed E-state index contributed by atoms with van der Waals surface area (Å²) in [7, 11) is -7.16. The molecule has 0 saturated carbocycles. The molecule has 0 atom stereocenters. The van der Waals surface area contributed by atoms with Gasteiger partial charge >= 0.3 is 32.5 Å². The van der Waals surface area contributed by atoms with Gasteiger partial charge in [0.15, 0.2) is 0 Å². The predicted octanol–water partition coefficient (Wildman–Crippen LogP) is 1.20. The quantitative estimate of drug-likeness (QED) is 0.239. The van der Waals surface area contributed by atoms with E-state index in [9.17, 15) is 43.5 Å². The SMILES string of the molecule is O=S(=O)(O)C(F)(F)C(F)(F)C(F)(F)C(F)(F)SOO[O-]. The molecule has 0 bridgehead atoms. The minimum atomic E-state index is -7.25. The van der Waals surface area contributed by atoms with Gasteiger partial charge in [-0.3, -0.25) is 9.59 Å². The molecule has 0 fully saturated rings. The van der Waals surface area contributed by atoms with E-state index in [-0.39, 0.29) is 0 Å². The largest absolute Gasteiger partial charge is 0.691 e. The standard InChI is InChI=1S/C4H2F8O6S2/c5-1(6,3(9,10)19-18-17-13)2(7,8)4(11,12)20(14,15)16/h13H,(H,14,15,16)/p-1. The molecule has 0 aliphatic carbocycles. The molecule has 0 aromatic carbocycles. The van der Waals surface area contributed by atoms with Crippen LogP contribution in [0.4, 0.5) is 35.1 Å². The van der Waals surface area contributed by atoms with Crippen LogP contribution in [-0.4, -0.2) is 35.3 Å². The Morgan fingerprint density at radius 2 is 1.35 bits per heavy atom. The predicted molar refractivity (Wildman–Crippen MR) is 41.1 cm³/mol. The Bertz CT molecular complexity index is 448. The monoisotopic (exact) mass is 361 g/mol. The molecule has 1 N–H and O–H groups in total. The molecular weight excluding hydrogens is 360 g/mol. The molecule has 0 saturated heterocycles. The van der Waals surface area contributed by atoms with Crippen molar-refractivity contribution < 1.29 is 62.7 Å². The Morgan fingerprint density at radius 1 is 0.950 bits per heavy atom. The molecule has 6 nitrogen and oxygen atoms in total. The molecule has 0 amide bonds. The molecule has 122 valence electrons. The van der Waals surface area contributed by atoms with Crippen LogP contribution < -0.4 is 5.26 Å². The van der Waals surface area contributed by atoms with Crippen LogP contribution in [-0.2, 0) is 19.5 Å². The van der Waals surface area contributed by atoms with E-state index in [2.05, 4.69) is 9.37 Å². The molecule has 0 aliphatic heterocycles. The Balaban J connectivity index is 5.80. The van der Waals surface area contributed by atoms with Crippen molar-refractivity contribution in [1.29, 1.82) is 0 Å². The van der Waals surface area contributed by atoms with Crippen molar-refractivity contribution in [3.63, 3.8) is 0 Å². The van der Waals surface area contributed by atoms with Gasteiger partial charge in [0, 0.05) is 0 Å². The average molecular weight is 361 g/mol. The normalized spacial score (nSPS) is 15.5. The molecule has 16 heteroatoms. The molecule has 0 heterocycles. The highest BCUT2D eigenvalue weighted by Crippen LogP contribution is 2.57. The summed E-state index contributed by atoms with van der Waals surface area (Å²) < 4.78 is 131. The summed E-state index contributed by atoms with van der Waals surface area (Å²) in [6.07, 6.45) is 0. The smallest absolute Gasteiger partial charge is 0.438 e. The van der Waals surface area contributed by atoms with Gasteiger partial charge in [0.25, 0.3) is 0 Å². The third-order valence-corrected chi connectivity index (χ3v) is 3.11. The molecule has 0 aliphatic rings. The van der Waals surface area contributed by atoms with E-state index in [4.69, 9.17) is 9.81 Å².